The van der Waals surface area contributed by atoms with Crippen molar-refractivity contribution in [2.24, 2.45) is 0 Å². The number of rotatable bonds is 4. The molecule has 1 rings (SSSR count). The number of anilines is 1. The minimum atomic E-state index is -4.40. The molecule has 1 aromatic heterocycles. The molecule has 0 saturated carbocycles. The van der Waals surface area contributed by atoms with Crippen LogP contribution in [0.4, 0.5) is 19.0 Å². The first-order chi connectivity index (χ1) is 7.90. The summed E-state index contributed by atoms with van der Waals surface area (Å²) in [5.41, 5.74) is -0.713. The van der Waals surface area contributed by atoms with E-state index in [4.69, 9.17) is 0 Å². The van der Waals surface area contributed by atoms with Gasteiger partial charge in [0.15, 0.2) is 0 Å². The van der Waals surface area contributed by atoms with Crippen LogP contribution in [0.2, 0.25) is 0 Å². The number of nitrogens with zero attached hydrogens (tertiary/aromatic N) is 2. The van der Waals surface area contributed by atoms with Gasteiger partial charge in [-0.15, -0.1) is 0 Å². The summed E-state index contributed by atoms with van der Waals surface area (Å²) in [5, 5.41) is 0.593. The second-order valence-corrected chi connectivity index (χ2v) is 5.00. The highest BCUT2D eigenvalue weighted by Gasteiger charge is 2.35. The van der Waals surface area contributed by atoms with Crippen LogP contribution in [0.3, 0.4) is 0 Å². The third-order valence-electron chi connectivity index (χ3n) is 2.17. The monoisotopic (exact) mass is 374 g/mol. The molecule has 0 N–H and O–H groups in total. The van der Waals surface area contributed by atoms with Crippen LogP contribution in [0.5, 0.6) is 0 Å². The Bertz CT molecular complexity index is 382. The Hall–Kier alpha value is -0.300. The van der Waals surface area contributed by atoms with Gasteiger partial charge < -0.3 is 4.90 Å². The third kappa shape index (κ3) is 3.84. The van der Waals surface area contributed by atoms with Crippen molar-refractivity contribution in [2.45, 2.75) is 13.1 Å². The molecule has 0 amide bonds. The summed E-state index contributed by atoms with van der Waals surface area (Å²) in [6, 6.07) is 1.05. The van der Waals surface area contributed by atoms with Gasteiger partial charge in [0.05, 0.1) is 5.56 Å². The molecule has 0 bridgehead atoms. The van der Waals surface area contributed by atoms with Crippen LogP contribution >= 0.6 is 31.9 Å². The first kappa shape index (κ1) is 14.8. The Labute approximate surface area is 114 Å². The molecule has 0 fully saturated rings. The van der Waals surface area contributed by atoms with Gasteiger partial charge in [-0.2, -0.15) is 13.2 Å². The second kappa shape index (κ2) is 6.04. The zero-order chi connectivity index (χ0) is 13.1. The topological polar surface area (TPSA) is 16.1 Å². The molecule has 0 aliphatic carbocycles. The number of halogens is 5. The van der Waals surface area contributed by atoms with Gasteiger partial charge in [0.25, 0.3) is 0 Å². The average Bonchev–Trinajstić information content (AvgIpc) is 2.25. The highest BCUT2D eigenvalue weighted by Crippen LogP contribution is 2.36. The van der Waals surface area contributed by atoms with E-state index in [0.717, 1.165) is 6.07 Å². The van der Waals surface area contributed by atoms with E-state index in [9.17, 15) is 13.2 Å². The van der Waals surface area contributed by atoms with E-state index in [1.807, 2.05) is 0 Å². The van der Waals surface area contributed by atoms with Gasteiger partial charge in [-0.1, -0.05) is 15.9 Å². The number of hydrogen-bond acceptors (Lipinski definition) is 2. The lowest BCUT2D eigenvalue weighted by atomic mass is 10.2. The zero-order valence-electron chi connectivity index (χ0n) is 9.06. The van der Waals surface area contributed by atoms with Crippen LogP contribution in [-0.4, -0.2) is 23.4 Å². The van der Waals surface area contributed by atoms with Crippen LogP contribution in [-0.2, 0) is 6.18 Å². The Morgan fingerprint density at radius 2 is 2.06 bits per heavy atom. The normalized spacial score (nSPS) is 11.6. The molecular weight excluding hydrogens is 365 g/mol. The predicted molar refractivity (Wildman–Crippen MR) is 68.6 cm³/mol. The maximum Gasteiger partial charge on any atom is 0.419 e. The van der Waals surface area contributed by atoms with Crippen molar-refractivity contribution in [3.63, 3.8) is 0 Å². The number of pyridine rings is 1. The summed E-state index contributed by atoms with van der Waals surface area (Å²) in [5.74, 6) is -0.0253. The summed E-state index contributed by atoms with van der Waals surface area (Å²) in [6.07, 6.45) is -3.02. The molecule has 1 aromatic rings. The number of hydrogen-bond donors (Lipinski definition) is 0. The molecule has 1 heterocycles. The summed E-state index contributed by atoms with van der Waals surface area (Å²) >= 11 is 6.23. The first-order valence-electron chi connectivity index (χ1n) is 4.93. The Balaban J connectivity index is 3.22. The predicted octanol–water partition coefficient (Wildman–Crippen LogP) is 4.08. The van der Waals surface area contributed by atoms with Crippen molar-refractivity contribution in [3.8, 4) is 0 Å². The lowest BCUT2D eigenvalue weighted by Gasteiger charge is -2.24. The number of alkyl halides is 4. The van der Waals surface area contributed by atoms with E-state index < -0.39 is 11.7 Å². The largest absolute Gasteiger partial charge is 0.419 e. The molecule has 0 spiro atoms. The fraction of sp³-hybridized carbons (Fsp3) is 0.500. The average molecular weight is 376 g/mol. The molecule has 0 aromatic carbocycles. The molecule has 0 atom stereocenters. The highest BCUT2D eigenvalue weighted by molar-refractivity contribution is 9.10. The van der Waals surface area contributed by atoms with Crippen molar-refractivity contribution in [2.75, 3.05) is 23.3 Å². The Morgan fingerprint density at radius 1 is 1.41 bits per heavy atom. The van der Waals surface area contributed by atoms with Crippen molar-refractivity contribution in [1.82, 2.24) is 4.98 Å². The Morgan fingerprint density at radius 3 is 2.53 bits per heavy atom. The lowest BCUT2D eigenvalue weighted by Crippen LogP contribution is -2.28. The highest BCUT2D eigenvalue weighted by atomic mass is 79.9. The van der Waals surface area contributed by atoms with Crippen LogP contribution < -0.4 is 4.90 Å². The van der Waals surface area contributed by atoms with Gasteiger partial charge >= 0.3 is 6.18 Å². The van der Waals surface area contributed by atoms with E-state index in [1.165, 1.54) is 6.20 Å². The van der Waals surface area contributed by atoms with Gasteiger partial charge in [0.1, 0.15) is 5.82 Å². The van der Waals surface area contributed by atoms with Crippen LogP contribution in [0.25, 0.3) is 0 Å². The van der Waals surface area contributed by atoms with E-state index in [0.29, 0.717) is 22.9 Å². The molecule has 0 saturated heterocycles. The summed E-state index contributed by atoms with van der Waals surface area (Å²) in [6.45, 7) is 2.75. The van der Waals surface area contributed by atoms with Crippen LogP contribution in [0.15, 0.2) is 16.7 Å². The zero-order valence-corrected chi connectivity index (χ0v) is 12.2. The minimum Gasteiger partial charge on any atom is -0.356 e. The Kier molecular flexibility index (Phi) is 5.24. The van der Waals surface area contributed by atoms with Gasteiger partial charge in [0, 0.05) is 29.1 Å². The standard InChI is InChI=1S/C10H11Br2F3N2/c1-2-17(4-3-11)9-8(10(13,14)15)5-7(12)6-16-9/h5-6H,2-4H2,1H3. The number of aromatic nitrogens is 1. The van der Waals surface area contributed by atoms with E-state index >= 15 is 0 Å². The van der Waals surface area contributed by atoms with E-state index in [2.05, 4.69) is 36.8 Å². The van der Waals surface area contributed by atoms with Crippen molar-refractivity contribution >= 4 is 37.7 Å². The maximum atomic E-state index is 12.9. The third-order valence-corrected chi connectivity index (χ3v) is 2.96. The lowest BCUT2D eigenvalue weighted by molar-refractivity contribution is -0.137. The molecule has 0 aliphatic heterocycles. The summed E-state index contributed by atoms with van der Waals surface area (Å²) in [4.78, 5) is 5.46. The summed E-state index contributed by atoms with van der Waals surface area (Å²) < 4.78 is 38.9. The quantitative estimate of drug-likeness (QED) is 0.737. The smallest absolute Gasteiger partial charge is 0.356 e. The summed E-state index contributed by atoms with van der Waals surface area (Å²) in [7, 11) is 0. The molecule has 17 heavy (non-hydrogen) atoms. The van der Waals surface area contributed by atoms with Crippen molar-refractivity contribution in [3.05, 3.63) is 22.3 Å². The van der Waals surface area contributed by atoms with Crippen molar-refractivity contribution < 1.29 is 13.2 Å². The fourth-order valence-electron chi connectivity index (χ4n) is 1.41. The van der Waals surface area contributed by atoms with E-state index in [-0.39, 0.29) is 5.82 Å². The maximum absolute atomic E-state index is 12.9. The van der Waals surface area contributed by atoms with Crippen LogP contribution in [0.1, 0.15) is 12.5 Å². The molecule has 7 heteroatoms. The van der Waals surface area contributed by atoms with Gasteiger partial charge in [-0.25, -0.2) is 4.98 Å². The van der Waals surface area contributed by atoms with Crippen molar-refractivity contribution in [1.29, 1.82) is 0 Å². The molecular formula is C10H11Br2F3N2. The fourth-order valence-corrected chi connectivity index (χ4v) is 2.17. The van der Waals surface area contributed by atoms with E-state index in [1.54, 1.807) is 11.8 Å². The molecule has 0 unspecified atom stereocenters. The molecule has 96 valence electrons. The molecule has 0 radical (unpaired) electrons. The molecule has 0 aliphatic rings. The minimum absolute atomic E-state index is 0.0253. The molecule has 2 nitrogen and oxygen atoms in total. The van der Waals surface area contributed by atoms with Gasteiger partial charge in [-0.3, -0.25) is 0 Å². The first-order valence-corrected chi connectivity index (χ1v) is 6.85. The van der Waals surface area contributed by atoms with Gasteiger partial charge in [-0.05, 0) is 28.9 Å². The second-order valence-electron chi connectivity index (χ2n) is 3.29. The van der Waals surface area contributed by atoms with Gasteiger partial charge in [0.2, 0.25) is 0 Å². The SMILES string of the molecule is CCN(CCBr)c1ncc(Br)cc1C(F)(F)F. The van der Waals surface area contributed by atoms with Crippen LogP contribution in [0, 0.1) is 0 Å².